The number of halogens is 1. The minimum Gasteiger partial charge on any atom is -0.266 e. The molecule has 8 heteroatoms. The van der Waals surface area contributed by atoms with Crippen LogP contribution >= 0.6 is 35.3 Å². The van der Waals surface area contributed by atoms with Gasteiger partial charge in [-0.25, -0.2) is 4.39 Å². The molecule has 4 nitrogen and oxygen atoms in total. The summed E-state index contributed by atoms with van der Waals surface area (Å²) in [6.45, 7) is 0. The molecule has 0 spiro atoms. The highest BCUT2D eigenvalue weighted by Gasteiger charge is 2.34. The summed E-state index contributed by atoms with van der Waals surface area (Å²) in [5.74, 6) is -1.32. The fourth-order valence-electron chi connectivity index (χ4n) is 1.86. The van der Waals surface area contributed by atoms with Crippen LogP contribution in [0.1, 0.15) is 15.2 Å². The second kappa shape index (κ2) is 6.61. The Balaban J connectivity index is 1.80. The third-order valence-electron chi connectivity index (χ3n) is 2.94. The molecule has 0 bridgehead atoms. The van der Waals surface area contributed by atoms with Crippen LogP contribution < -0.4 is 5.43 Å². The fraction of sp³-hybridized carbons (Fsp3) is 0. The number of amides is 2. The van der Waals surface area contributed by atoms with E-state index in [1.54, 1.807) is 35.7 Å². The van der Waals surface area contributed by atoms with Crippen LogP contribution in [0.3, 0.4) is 0 Å². The molecular weight excluding hydrogens is 355 g/mol. The second-order valence-electron chi connectivity index (χ2n) is 4.46. The molecule has 2 heterocycles. The molecule has 1 N–H and O–H groups in total. The minimum absolute atomic E-state index is 0.197. The van der Waals surface area contributed by atoms with Gasteiger partial charge in [-0.2, -0.15) is 5.01 Å². The van der Waals surface area contributed by atoms with Gasteiger partial charge in [0, 0.05) is 5.56 Å². The zero-order valence-electron chi connectivity index (χ0n) is 11.5. The molecule has 1 aromatic heterocycles. The molecule has 0 aliphatic carbocycles. The number of hydrogen-bond acceptors (Lipinski definition) is 5. The van der Waals surface area contributed by atoms with Crippen molar-refractivity contribution >= 4 is 57.5 Å². The van der Waals surface area contributed by atoms with E-state index in [-0.39, 0.29) is 14.8 Å². The van der Waals surface area contributed by atoms with Gasteiger partial charge in [-0.3, -0.25) is 15.0 Å². The van der Waals surface area contributed by atoms with E-state index in [9.17, 15) is 14.0 Å². The summed E-state index contributed by atoms with van der Waals surface area (Å²) < 4.78 is 13.9. The van der Waals surface area contributed by atoms with Crippen molar-refractivity contribution in [2.75, 3.05) is 0 Å². The average molecular weight is 364 g/mol. The summed E-state index contributed by atoms with van der Waals surface area (Å²) in [6, 6.07) is 9.50. The van der Waals surface area contributed by atoms with Gasteiger partial charge in [0.25, 0.3) is 11.8 Å². The molecule has 0 radical (unpaired) electrons. The topological polar surface area (TPSA) is 49.4 Å². The average Bonchev–Trinajstić information content (AvgIpc) is 3.14. The monoisotopic (exact) mass is 364 g/mol. The molecule has 0 atom stereocenters. The number of thiophene rings is 1. The van der Waals surface area contributed by atoms with Gasteiger partial charge < -0.3 is 0 Å². The van der Waals surface area contributed by atoms with Crippen molar-refractivity contribution in [1.82, 2.24) is 10.4 Å². The molecule has 1 saturated heterocycles. The van der Waals surface area contributed by atoms with Crippen LogP contribution in [0, 0.1) is 5.82 Å². The highest BCUT2D eigenvalue weighted by molar-refractivity contribution is 8.26. The van der Waals surface area contributed by atoms with Crippen molar-refractivity contribution in [3.8, 4) is 0 Å². The van der Waals surface area contributed by atoms with Gasteiger partial charge in [0.2, 0.25) is 0 Å². The molecule has 0 saturated carbocycles. The second-order valence-corrected chi connectivity index (χ2v) is 7.08. The van der Waals surface area contributed by atoms with Crippen molar-refractivity contribution in [1.29, 1.82) is 0 Å². The number of nitrogens with zero attached hydrogens (tertiary/aromatic N) is 1. The first-order valence-corrected chi connectivity index (χ1v) is 8.53. The maximum Gasteiger partial charge on any atom is 0.285 e. The third-order valence-corrected chi connectivity index (χ3v) is 5.11. The predicted octanol–water partition coefficient (Wildman–Crippen LogP) is 3.43. The first-order chi connectivity index (χ1) is 11.1. The Labute approximate surface area is 145 Å². The van der Waals surface area contributed by atoms with E-state index in [0.717, 1.165) is 16.8 Å². The maximum atomic E-state index is 13.7. The first-order valence-electron chi connectivity index (χ1n) is 6.43. The summed E-state index contributed by atoms with van der Waals surface area (Å²) in [7, 11) is 0. The number of rotatable bonds is 3. The summed E-state index contributed by atoms with van der Waals surface area (Å²) >= 11 is 7.39. The van der Waals surface area contributed by atoms with Crippen LogP contribution in [0.4, 0.5) is 4.39 Å². The standard InChI is InChI=1S/C15H9FN2O2S3/c16-10-5-2-1-4-9(10)8-12-14(20)18(15(21)23-12)17-13(19)11-6-3-7-22-11/h1-8H,(H,17,19)/b12-8+. The Hall–Kier alpha value is -2.03. The van der Waals surface area contributed by atoms with Gasteiger partial charge in [-0.15, -0.1) is 11.3 Å². The van der Waals surface area contributed by atoms with E-state index in [4.69, 9.17) is 12.2 Å². The molecule has 0 unspecified atom stereocenters. The Morgan fingerprint density at radius 2 is 2.04 bits per heavy atom. The Morgan fingerprint density at radius 3 is 2.74 bits per heavy atom. The first kappa shape index (κ1) is 15.9. The van der Waals surface area contributed by atoms with Gasteiger partial charge in [-0.05, 0) is 35.8 Å². The minimum atomic E-state index is -0.479. The lowest BCUT2D eigenvalue weighted by Gasteiger charge is -2.14. The van der Waals surface area contributed by atoms with Crippen LogP contribution in [-0.4, -0.2) is 21.1 Å². The van der Waals surface area contributed by atoms with E-state index in [1.165, 1.54) is 23.5 Å². The summed E-state index contributed by atoms with van der Waals surface area (Å²) in [5.41, 5.74) is 2.76. The Kier molecular flexibility index (Phi) is 4.56. The zero-order valence-corrected chi connectivity index (χ0v) is 13.9. The van der Waals surface area contributed by atoms with E-state index in [2.05, 4.69) is 5.43 Å². The number of carbonyl (C=O) groups is 2. The largest absolute Gasteiger partial charge is 0.285 e. The van der Waals surface area contributed by atoms with Gasteiger partial charge in [0.15, 0.2) is 4.32 Å². The molecule has 2 amide bonds. The normalized spacial score (nSPS) is 16.2. The number of thioether (sulfide) groups is 1. The van der Waals surface area contributed by atoms with Crippen molar-refractivity contribution in [3.05, 3.63) is 62.9 Å². The molecule has 23 heavy (non-hydrogen) atoms. The van der Waals surface area contributed by atoms with Crippen LogP contribution in [0.5, 0.6) is 0 Å². The molecule has 116 valence electrons. The molecule has 1 aromatic carbocycles. The number of thiocarbonyl (C=S) groups is 1. The lowest BCUT2D eigenvalue weighted by atomic mass is 10.2. The number of hydrogen-bond donors (Lipinski definition) is 1. The summed E-state index contributed by atoms with van der Waals surface area (Å²) in [6.07, 6.45) is 1.42. The van der Waals surface area contributed by atoms with Crippen molar-refractivity contribution < 1.29 is 14.0 Å². The van der Waals surface area contributed by atoms with Crippen molar-refractivity contribution in [2.24, 2.45) is 0 Å². The number of carbonyl (C=O) groups excluding carboxylic acids is 2. The number of benzene rings is 1. The zero-order chi connectivity index (χ0) is 16.4. The van der Waals surface area contributed by atoms with Gasteiger partial charge in [0.1, 0.15) is 5.82 Å². The lowest BCUT2D eigenvalue weighted by molar-refractivity contribution is -0.123. The van der Waals surface area contributed by atoms with E-state index in [1.807, 2.05) is 0 Å². The predicted molar refractivity (Wildman–Crippen MR) is 93.2 cm³/mol. The Morgan fingerprint density at radius 1 is 1.26 bits per heavy atom. The fourth-order valence-corrected chi connectivity index (χ4v) is 3.65. The van der Waals surface area contributed by atoms with Crippen molar-refractivity contribution in [2.45, 2.75) is 0 Å². The van der Waals surface area contributed by atoms with E-state index in [0.29, 0.717) is 4.88 Å². The third kappa shape index (κ3) is 3.34. The van der Waals surface area contributed by atoms with Crippen LogP contribution in [0.25, 0.3) is 6.08 Å². The number of hydrazine groups is 1. The highest BCUT2D eigenvalue weighted by Crippen LogP contribution is 2.31. The van der Waals surface area contributed by atoms with Crippen molar-refractivity contribution in [3.63, 3.8) is 0 Å². The number of nitrogens with one attached hydrogen (secondary N) is 1. The Bertz CT molecular complexity index is 818. The SMILES string of the molecule is O=C(NN1C(=O)/C(=C\c2ccccc2F)SC1=S)c1cccs1. The van der Waals surface area contributed by atoms with Crippen LogP contribution in [0.2, 0.25) is 0 Å². The lowest BCUT2D eigenvalue weighted by Crippen LogP contribution is -2.44. The molecule has 2 aromatic rings. The summed E-state index contributed by atoms with van der Waals surface area (Å²) in [5, 5.41) is 2.77. The highest BCUT2D eigenvalue weighted by atomic mass is 32.2. The molecular formula is C15H9FN2O2S3. The molecule has 3 rings (SSSR count). The maximum absolute atomic E-state index is 13.7. The van der Waals surface area contributed by atoms with Gasteiger partial charge in [0.05, 0.1) is 9.78 Å². The smallest absolute Gasteiger partial charge is 0.266 e. The summed E-state index contributed by atoms with van der Waals surface area (Å²) in [4.78, 5) is 25.1. The van der Waals surface area contributed by atoms with Gasteiger partial charge >= 0.3 is 0 Å². The molecule has 1 aliphatic heterocycles. The van der Waals surface area contributed by atoms with E-state index < -0.39 is 17.6 Å². The van der Waals surface area contributed by atoms with E-state index >= 15 is 0 Å². The van der Waals surface area contributed by atoms with Crippen LogP contribution in [-0.2, 0) is 4.79 Å². The molecule has 1 fully saturated rings. The quantitative estimate of drug-likeness (QED) is 0.670. The molecule has 1 aliphatic rings. The van der Waals surface area contributed by atoms with Crippen LogP contribution in [0.15, 0.2) is 46.7 Å². The van der Waals surface area contributed by atoms with Gasteiger partial charge in [-0.1, -0.05) is 36.0 Å².